The van der Waals surface area contributed by atoms with Crippen molar-refractivity contribution in [3.63, 3.8) is 0 Å². The van der Waals surface area contributed by atoms with E-state index in [2.05, 4.69) is 32.7 Å². The van der Waals surface area contributed by atoms with Crippen LogP contribution in [0.5, 0.6) is 0 Å². The van der Waals surface area contributed by atoms with Crippen molar-refractivity contribution < 1.29 is 0 Å². The standard InChI is InChI=1S/C14H25N/c1-13(2,3)10-5-6-11-12(10)15(4)9-14(11)7-8-14/h10-12H,5-9H2,1-4H3. The van der Waals surface area contributed by atoms with Crippen LogP contribution in [0.1, 0.15) is 46.5 Å². The van der Waals surface area contributed by atoms with Gasteiger partial charge in [0, 0.05) is 12.6 Å². The molecule has 0 bridgehead atoms. The molecule has 0 aromatic heterocycles. The minimum absolute atomic E-state index is 0.508. The van der Waals surface area contributed by atoms with Crippen molar-refractivity contribution in [1.82, 2.24) is 4.90 Å². The fraction of sp³-hybridized carbons (Fsp3) is 1.00. The Balaban J connectivity index is 1.87. The summed E-state index contributed by atoms with van der Waals surface area (Å²) < 4.78 is 0. The SMILES string of the molecule is CN1CC2(CC2)C2CCC(C(C)(C)C)C21. The van der Waals surface area contributed by atoms with Crippen LogP contribution >= 0.6 is 0 Å². The van der Waals surface area contributed by atoms with Gasteiger partial charge in [-0.25, -0.2) is 0 Å². The molecule has 3 unspecified atom stereocenters. The lowest BCUT2D eigenvalue weighted by atomic mass is 9.76. The van der Waals surface area contributed by atoms with Crippen molar-refractivity contribution >= 4 is 0 Å². The van der Waals surface area contributed by atoms with E-state index in [0.717, 1.165) is 23.3 Å². The van der Waals surface area contributed by atoms with Crippen LogP contribution in [0.15, 0.2) is 0 Å². The second-order valence-corrected chi connectivity index (χ2v) is 7.42. The van der Waals surface area contributed by atoms with Gasteiger partial charge in [0.25, 0.3) is 0 Å². The molecular weight excluding hydrogens is 182 g/mol. The van der Waals surface area contributed by atoms with Crippen molar-refractivity contribution in [2.24, 2.45) is 22.7 Å². The number of fused-ring (bicyclic) bond motifs is 2. The zero-order valence-corrected chi connectivity index (χ0v) is 10.7. The Morgan fingerprint density at radius 2 is 1.80 bits per heavy atom. The van der Waals surface area contributed by atoms with E-state index in [1.807, 2.05) is 0 Å². The first-order valence-electron chi connectivity index (χ1n) is 6.64. The molecule has 1 saturated heterocycles. The molecule has 0 aromatic carbocycles. The fourth-order valence-electron chi connectivity index (χ4n) is 4.62. The van der Waals surface area contributed by atoms with Crippen molar-refractivity contribution in [1.29, 1.82) is 0 Å². The smallest absolute Gasteiger partial charge is 0.0160 e. The molecule has 15 heavy (non-hydrogen) atoms. The number of hydrogen-bond donors (Lipinski definition) is 0. The van der Waals surface area contributed by atoms with Crippen molar-refractivity contribution in [2.75, 3.05) is 13.6 Å². The summed E-state index contributed by atoms with van der Waals surface area (Å²) in [7, 11) is 2.37. The molecule has 2 saturated carbocycles. The monoisotopic (exact) mass is 207 g/mol. The molecule has 1 aliphatic heterocycles. The van der Waals surface area contributed by atoms with Gasteiger partial charge in [0.05, 0.1) is 0 Å². The molecule has 1 spiro atoms. The summed E-state index contributed by atoms with van der Waals surface area (Å²) >= 11 is 0. The molecule has 1 heteroatoms. The van der Waals surface area contributed by atoms with Gasteiger partial charge in [0.1, 0.15) is 0 Å². The van der Waals surface area contributed by atoms with Gasteiger partial charge < -0.3 is 4.90 Å². The first-order valence-corrected chi connectivity index (χ1v) is 6.64. The lowest BCUT2D eigenvalue weighted by Gasteiger charge is -2.35. The number of nitrogens with zero attached hydrogens (tertiary/aromatic N) is 1. The minimum Gasteiger partial charge on any atom is -0.302 e. The fourth-order valence-corrected chi connectivity index (χ4v) is 4.62. The van der Waals surface area contributed by atoms with Crippen LogP contribution < -0.4 is 0 Å². The Labute approximate surface area is 94.2 Å². The van der Waals surface area contributed by atoms with Crippen molar-refractivity contribution in [3.8, 4) is 0 Å². The highest BCUT2D eigenvalue weighted by atomic mass is 15.2. The first kappa shape index (κ1) is 10.1. The predicted molar refractivity (Wildman–Crippen MR) is 63.8 cm³/mol. The van der Waals surface area contributed by atoms with Gasteiger partial charge >= 0.3 is 0 Å². The maximum Gasteiger partial charge on any atom is 0.0160 e. The molecule has 3 rings (SSSR count). The van der Waals surface area contributed by atoms with Gasteiger partial charge in [-0.1, -0.05) is 20.8 Å². The Morgan fingerprint density at radius 3 is 2.33 bits per heavy atom. The summed E-state index contributed by atoms with van der Waals surface area (Å²) in [6, 6.07) is 0.910. The second-order valence-electron chi connectivity index (χ2n) is 7.42. The van der Waals surface area contributed by atoms with E-state index < -0.39 is 0 Å². The molecule has 3 aliphatic rings. The lowest BCUT2D eigenvalue weighted by molar-refractivity contribution is 0.135. The van der Waals surface area contributed by atoms with E-state index in [0.29, 0.717) is 5.41 Å². The van der Waals surface area contributed by atoms with Crippen LogP contribution in [0.4, 0.5) is 0 Å². The van der Waals surface area contributed by atoms with Crippen LogP contribution in [-0.4, -0.2) is 24.5 Å². The van der Waals surface area contributed by atoms with Crippen molar-refractivity contribution in [2.45, 2.75) is 52.5 Å². The van der Waals surface area contributed by atoms with Gasteiger partial charge in [0.2, 0.25) is 0 Å². The largest absolute Gasteiger partial charge is 0.302 e. The third kappa shape index (κ3) is 1.32. The molecule has 1 heterocycles. The van der Waals surface area contributed by atoms with Crippen LogP contribution in [0.3, 0.4) is 0 Å². The van der Waals surface area contributed by atoms with Crippen molar-refractivity contribution in [3.05, 3.63) is 0 Å². The first-order chi connectivity index (χ1) is 6.94. The Hall–Kier alpha value is -0.0400. The summed E-state index contributed by atoms with van der Waals surface area (Å²) in [6.07, 6.45) is 6.03. The molecule has 3 atom stereocenters. The highest BCUT2D eigenvalue weighted by Gasteiger charge is 2.62. The molecular formula is C14H25N. The summed E-state index contributed by atoms with van der Waals surface area (Å²) in [4.78, 5) is 2.70. The highest BCUT2D eigenvalue weighted by Crippen LogP contribution is 2.65. The number of rotatable bonds is 0. The highest BCUT2D eigenvalue weighted by molar-refractivity contribution is 5.14. The van der Waals surface area contributed by atoms with E-state index in [-0.39, 0.29) is 0 Å². The Bertz CT molecular complexity index is 272. The van der Waals surface area contributed by atoms with Gasteiger partial charge in [-0.2, -0.15) is 0 Å². The maximum atomic E-state index is 2.70. The van der Waals surface area contributed by atoms with E-state index in [1.165, 1.54) is 32.2 Å². The molecule has 2 aliphatic carbocycles. The third-order valence-corrected chi connectivity index (χ3v) is 5.48. The van der Waals surface area contributed by atoms with Crippen LogP contribution in [-0.2, 0) is 0 Å². The summed E-state index contributed by atoms with van der Waals surface area (Å²) in [5, 5.41) is 0. The van der Waals surface area contributed by atoms with Gasteiger partial charge in [-0.05, 0) is 55.4 Å². The molecule has 86 valence electrons. The average Bonchev–Trinajstić information content (AvgIpc) is 2.64. The average molecular weight is 207 g/mol. The number of hydrogen-bond acceptors (Lipinski definition) is 1. The zero-order valence-electron chi connectivity index (χ0n) is 10.7. The molecule has 0 radical (unpaired) electrons. The topological polar surface area (TPSA) is 3.24 Å². The Morgan fingerprint density at radius 1 is 1.13 bits per heavy atom. The van der Waals surface area contributed by atoms with E-state index in [9.17, 15) is 0 Å². The zero-order chi connectivity index (χ0) is 10.8. The summed E-state index contributed by atoms with van der Waals surface area (Å²) in [5.74, 6) is 1.99. The molecule has 1 nitrogen and oxygen atoms in total. The van der Waals surface area contributed by atoms with Gasteiger partial charge in [0.15, 0.2) is 0 Å². The van der Waals surface area contributed by atoms with Crippen LogP contribution in [0.25, 0.3) is 0 Å². The quantitative estimate of drug-likeness (QED) is 0.590. The van der Waals surface area contributed by atoms with E-state index >= 15 is 0 Å². The summed E-state index contributed by atoms with van der Waals surface area (Å²) in [6.45, 7) is 8.71. The minimum atomic E-state index is 0.508. The second kappa shape index (κ2) is 2.80. The molecule has 0 N–H and O–H groups in total. The molecule has 0 aromatic rings. The van der Waals surface area contributed by atoms with E-state index in [4.69, 9.17) is 0 Å². The van der Waals surface area contributed by atoms with E-state index in [1.54, 1.807) is 0 Å². The predicted octanol–water partition coefficient (Wildman–Crippen LogP) is 3.15. The Kier molecular flexibility index (Phi) is 1.89. The van der Waals surface area contributed by atoms with Gasteiger partial charge in [-0.3, -0.25) is 0 Å². The lowest BCUT2D eigenvalue weighted by Crippen LogP contribution is -2.38. The van der Waals surface area contributed by atoms with Crippen LogP contribution in [0.2, 0.25) is 0 Å². The van der Waals surface area contributed by atoms with Crippen LogP contribution in [0, 0.1) is 22.7 Å². The third-order valence-electron chi connectivity index (χ3n) is 5.48. The van der Waals surface area contributed by atoms with Gasteiger partial charge in [-0.15, -0.1) is 0 Å². The maximum absolute atomic E-state index is 2.70. The molecule has 0 amide bonds. The molecule has 3 fully saturated rings. The summed E-state index contributed by atoms with van der Waals surface area (Å²) in [5.41, 5.74) is 1.30. The number of likely N-dealkylation sites (tertiary alicyclic amines) is 1. The normalized spacial score (nSPS) is 43.6.